The predicted molar refractivity (Wildman–Crippen MR) is 73.8 cm³/mol. The van der Waals surface area contributed by atoms with Crippen molar-refractivity contribution in [3.63, 3.8) is 0 Å². The van der Waals surface area contributed by atoms with E-state index in [9.17, 15) is 0 Å². The molecule has 0 N–H and O–H groups in total. The van der Waals surface area contributed by atoms with E-state index in [1.165, 1.54) is 24.4 Å². The summed E-state index contributed by atoms with van der Waals surface area (Å²) in [4.78, 5) is 6.95. The van der Waals surface area contributed by atoms with Crippen molar-refractivity contribution < 1.29 is 4.52 Å². The molecule has 0 amide bonds. The van der Waals surface area contributed by atoms with Gasteiger partial charge in [0.2, 0.25) is 11.7 Å². The molecule has 0 saturated carbocycles. The summed E-state index contributed by atoms with van der Waals surface area (Å²) in [5.41, 5.74) is 0.787. The molecule has 3 rings (SSSR count). The van der Waals surface area contributed by atoms with Crippen LogP contribution in [-0.2, 0) is 0 Å². The van der Waals surface area contributed by atoms with Gasteiger partial charge in [-0.15, -0.1) is 0 Å². The van der Waals surface area contributed by atoms with Crippen molar-refractivity contribution in [3.8, 4) is 11.5 Å². The summed E-state index contributed by atoms with van der Waals surface area (Å²) in [6.07, 6.45) is 2.47. The molecule has 1 aliphatic rings. The fourth-order valence-corrected chi connectivity index (χ4v) is 3.45. The van der Waals surface area contributed by atoms with Crippen LogP contribution >= 0.6 is 11.5 Å². The van der Waals surface area contributed by atoms with E-state index in [-0.39, 0.29) is 6.04 Å². The molecule has 0 aliphatic carbocycles. The molecule has 0 spiro atoms. The molecule has 3 heterocycles. The van der Waals surface area contributed by atoms with E-state index in [0.29, 0.717) is 23.8 Å². The van der Waals surface area contributed by atoms with Crippen LogP contribution in [0.2, 0.25) is 0 Å². The number of aromatic nitrogens is 3. The lowest BCUT2D eigenvalue weighted by atomic mass is 10.2. The lowest BCUT2D eigenvalue weighted by Crippen LogP contribution is -2.35. The molecule has 1 aliphatic heterocycles. The normalized spacial score (nSPS) is 25.8. The first-order valence-corrected chi connectivity index (χ1v) is 7.52. The summed E-state index contributed by atoms with van der Waals surface area (Å²) in [5, 5.41) is 5.95. The van der Waals surface area contributed by atoms with Crippen molar-refractivity contribution >= 4 is 11.5 Å². The Morgan fingerprint density at radius 3 is 2.74 bits per heavy atom. The second-order valence-electron chi connectivity index (χ2n) is 5.24. The molecule has 1 fully saturated rings. The smallest absolute Gasteiger partial charge is 0.244 e. The zero-order valence-corrected chi connectivity index (χ0v) is 12.2. The average Bonchev–Trinajstić information content (AvgIpc) is 3.09. The van der Waals surface area contributed by atoms with E-state index in [2.05, 4.69) is 40.2 Å². The summed E-state index contributed by atoms with van der Waals surface area (Å²) in [5.74, 6) is 1.27. The maximum absolute atomic E-state index is 5.42. The van der Waals surface area contributed by atoms with Gasteiger partial charge < -0.3 is 4.52 Å². The SMILES string of the molecule is CC1CCC(C)N1C(C)c1nc(-c2ccsn2)no1. The maximum atomic E-state index is 5.42. The van der Waals surface area contributed by atoms with Crippen LogP contribution < -0.4 is 0 Å². The number of likely N-dealkylation sites (tertiary alicyclic amines) is 1. The minimum Gasteiger partial charge on any atom is -0.337 e. The zero-order valence-electron chi connectivity index (χ0n) is 11.4. The molecule has 0 radical (unpaired) electrons. The quantitative estimate of drug-likeness (QED) is 0.863. The largest absolute Gasteiger partial charge is 0.337 e. The van der Waals surface area contributed by atoms with Gasteiger partial charge in [-0.05, 0) is 51.2 Å². The van der Waals surface area contributed by atoms with E-state index in [1.807, 2.05) is 11.4 Å². The topological polar surface area (TPSA) is 55.1 Å². The number of rotatable bonds is 3. The molecule has 3 atom stereocenters. The Morgan fingerprint density at radius 2 is 2.11 bits per heavy atom. The van der Waals surface area contributed by atoms with E-state index < -0.39 is 0 Å². The van der Waals surface area contributed by atoms with E-state index in [0.717, 1.165) is 5.69 Å². The monoisotopic (exact) mass is 278 g/mol. The molecule has 19 heavy (non-hydrogen) atoms. The Balaban J connectivity index is 1.82. The molecule has 0 aromatic carbocycles. The highest BCUT2D eigenvalue weighted by Crippen LogP contribution is 2.33. The second kappa shape index (κ2) is 5.02. The van der Waals surface area contributed by atoms with Crippen LogP contribution in [0.3, 0.4) is 0 Å². The molecular weight excluding hydrogens is 260 g/mol. The van der Waals surface area contributed by atoms with Gasteiger partial charge in [-0.25, -0.2) is 0 Å². The lowest BCUT2D eigenvalue weighted by Gasteiger charge is -2.30. The van der Waals surface area contributed by atoms with E-state index >= 15 is 0 Å². The molecule has 0 bridgehead atoms. The van der Waals surface area contributed by atoms with Gasteiger partial charge in [-0.2, -0.15) is 9.36 Å². The van der Waals surface area contributed by atoms with Gasteiger partial charge in [0.1, 0.15) is 5.69 Å². The molecule has 5 nitrogen and oxygen atoms in total. The molecule has 2 aromatic rings. The van der Waals surface area contributed by atoms with Crippen LogP contribution in [0.5, 0.6) is 0 Å². The first-order valence-electron chi connectivity index (χ1n) is 6.68. The third-order valence-electron chi connectivity index (χ3n) is 3.93. The van der Waals surface area contributed by atoms with E-state index in [4.69, 9.17) is 4.52 Å². The molecule has 102 valence electrons. The first-order chi connectivity index (χ1) is 9.16. The van der Waals surface area contributed by atoms with Crippen molar-refractivity contribution in [1.29, 1.82) is 0 Å². The van der Waals surface area contributed by atoms with Crippen LogP contribution in [0.1, 0.15) is 45.5 Å². The highest BCUT2D eigenvalue weighted by Gasteiger charge is 2.34. The van der Waals surface area contributed by atoms with Gasteiger partial charge in [0.15, 0.2) is 0 Å². The standard InChI is InChI=1S/C13H18N4OS/c1-8-4-5-9(2)17(8)10(3)13-14-12(15-18-13)11-6-7-19-16-11/h6-10H,4-5H2,1-3H3. The minimum atomic E-state index is 0.160. The minimum absolute atomic E-state index is 0.160. The van der Waals surface area contributed by atoms with Crippen molar-refractivity contribution in [3.05, 3.63) is 17.3 Å². The summed E-state index contributed by atoms with van der Waals surface area (Å²) >= 11 is 1.40. The van der Waals surface area contributed by atoms with Crippen LogP contribution in [0.15, 0.2) is 16.0 Å². The fourth-order valence-electron chi connectivity index (χ4n) is 2.94. The van der Waals surface area contributed by atoms with Crippen molar-refractivity contribution in [2.45, 2.75) is 51.7 Å². The number of nitrogens with zero attached hydrogens (tertiary/aromatic N) is 4. The van der Waals surface area contributed by atoms with Gasteiger partial charge in [0, 0.05) is 17.5 Å². The number of hydrogen-bond donors (Lipinski definition) is 0. The Hall–Kier alpha value is -1.27. The molecule has 1 saturated heterocycles. The van der Waals surface area contributed by atoms with E-state index in [1.54, 1.807) is 0 Å². The van der Waals surface area contributed by atoms with Gasteiger partial charge in [0.05, 0.1) is 6.04 Å². The molecule has 2 aromatic heterocycles. The van der Waals surface area contributed by atoms with Gasteiger partial charge in [0.25, 0.3) is 0 Å². The summed E-state index contributed by atoms with van der Waals surface area (Å²) in [7, 11) is 0. The Morgan fingerprint density at radius 1 is 1.37 bits per heavy atom. The Labute approximate surface area is 116 Å². The summed E-state index contributed by atoms with van der Waals surface area (Å²) in [6.45, 7) is 6.66. The molecule has 3 unspecified atom stereocenters. The highest BCUT2D eigenvalue weighted by molar-refractivity contribution is 7.03. The van der Waals surface area contributed by atoms with Crippen molar-refractivity contribution in [2.24, 2.45) is 0 Å². The zero-order chi connectivity index (χ0) is 13.4. The van der Waals surface area contributed by atoms with Crippen LogP contribution in [0, 0.1) is 0 Å². The molecular formula is C13H18N4OS. The highest BCUT2D eigenvalue weighted by atomic mass is 32.1. The first kappa shape index (κ1) is 12.7. The van der Waals surface area contributed by atoms with Gasteiger partial charge in [-0.3, -0.25) is 4.90 Å². The Kier molecular flexibility index (Phi) is 3.36. The lowest BCUT2D eigenvalue weighted by molar-refractivity contribution is 0.128. The summed E-state index contributed by atoms with van der Waals surface area (Å²) in [6, 6.07) is 3.21. The third-order valence-corrected chi connectivity index (χ3v) is 4.49. The number of hydrogen-bond acceptors (Lipinski definition) is 6. The van der Waals surface area contributed by atoms with Gasteiger partial charge >= 0.3 is 0 Å². The van der Waals surface area contributed by atoms with Crippen molar-refractivity contribution in [1.82, 2.24) is 19.4 Å². The van der Waals surface area contributed by atoms with Crippen molar-refractivity contribution in [2.75, 3.05) is 0 Å². The maximum Gasteiger partial charge on any atom is 0.244 e. The molecule has 6 heteroatoms. The van der Waals surface area contributed by atoms with Gasteiger partial charge in [-0.1, -0.05) is 5.16 Å². The predicted octanol–water partition coefficient (Wildman–Crippen LogP) is 3.13. The van der Waals surface area contributed by atoms with Crippen LogP contribution in [0.4, 0.5) is 0 Å². The second-order valence-corrected chi connectivity index (χ2v) is 5.91. The van der Waals surface area contributed by atoms with Crippen LogP contribution in [0.25, 0.3) is 11.5 Å². The summed E-state index contributed by atoms with van der Waals surface area (Å²) < 4.78 is 9.65. The average molecular weight is 278 g/mol. The third kappa shape index (κ3) is 2.30. The Bertz CT molecular complexity index is 529. The fraction of sp³-hybridized carbons (Fsp3) is 0.615. The van der Waals surface area contributed by atoms with Crippen LogP contribution in [-0.4, -0.2) is 31.5 Å².